The van der Waals surface area contributed by atoms with Gasteiger partial charge in [-0.15, -0.1) is 0 Å². The molecule has 1 atom stereocenters. The lowest BCUT2D eigenvalue weighted by atomic mass is 10.1. The molecule has 2 rings (SSSR count). The highest BCUT2D eigenvalue weighted by Gasteiger charge is 2.15. The van der Waals surface area contributed by atoms with Crippen LogP contribution in [0.2, 0.25) is 0 Å². The highest BCUT2D eigenvalue weighted by Crippen LogP contribution is 2.33. The van der Waals surface area contributed by atoms with Crippen molar-refractivity contribution in [2.75, 3.05) is 0 Å². The molecule has 80 valence electrons. The lowest BCUT2D eigenvalue weighted by Crippen LogP contribution is -1.97. The fourth-order valence-electron chi connectivity index (χ4n) is 1.49. The predicted molar refractivity (Wildman–Crippen MR) is 60.1 cm³/mol. The second kappa shape index (κ2) is 4.26. The highest BCUT2D eigenvalue weighted by molar-refractivity contribution is 7.74. The van der Waals surface area contributed by atoms with Crippen LogP contribution in [0.1, 0.15) is 0 Å². The van der Waals surface area contributed by atoms with Crippen molar-refractivity contribution in [2.45, 2.75) is 0 Å². The lowest BCUT2D eigenvalue weighted by Gasteiger charge is -2.02. The van der Waals surface area contributed by atoms with Crippen LogP contribution in [0.15, 0.2) is 36.4 Å². The Morgan fingerprint density at radius 1 is 1.19 bits per heavy atom. The van der Waals surface area contributed by atoms with Gasteiger partial charge in [0.25, 0.3) is 0 Å². The van der Waals surface area contributed by atoms with Crippen molar-refractivity contribution < 1.29 is 12.9 Å². The Morgan fingerprint density at radius 3 is 2.50 bits per heavy atom. The van der Waals surface area contributed by atoms with Gasteiger partial charge >= 0.3 is 17.0 Å². The van der Waals surface area contributed by atoms with Crippen LogP contribution in [0.5, 0.6) is 5.75 Å². The van der Waals surface area contributed by atoms with Crippen molar-refractivity contribution in [3.63, 3.8) is 0 Å². The molecule has 0 aliphatic rings. The molecular formula is C10H7N2O3S+. The number of rotatable bonds is 2. The molecule has 0 fully saturated rings. The van der Waals surface area contributed by atoms with Crippen molar-refractivity contribution in [3.8, 4) is 5.75 Å². The second-order valence-corrected chi connectivity index (χ2v) is 3.63. The van der Waals surface area contributed by atoms with Gasteiger partial charge in [0.15, 0.2) is 10.7 Å². The summed E-state index contributed by atoms with van der Waals surface area (Å²) in [6.07, 6.45) is 0. The highest BCUT2D eigenvalue weighted by atomic mass is 32.2. The fraction of sp³-hybridized carbons (Fsp3) is 0. The van der Waals surface area contributed by atoms with Gasteiger partial charge in [0, 0.05) is 11.5 Å². The Morgan fingerprint density at radius 2 is 1.88 bits per heavy atom. The number of fused-ring (bicyclic) bond motifs is 1. The maximum atomic E-state index is 10.6. The third-order valence-corrected chi connectivity index (χ3v) is 2.45. The molecule has 0 aliphatic carbocycles. The van der Waals surface area contributed by atoms with Crippen LogP contribution in [0.3, 0.4) is 0 Å². The van der Waals surface area contributed by atoms with Crippen LogP contribution in [0, 0.1) is 5.39 Å². The average molecular weight is 235 g/mol. The second-order valence-electron chi connectivity index (χ2n) is 3.03. The van der Waals surface area contributed by atoms with Crippen molar-refractivity contribution in [3.05, 3.63) is 41.4 Å². The lowest BCUT2D eigenvalue weighted by molar-refractivity contribution is 0.460. The zero-order valence-corrected chi connectivity index (χ0v) is 8.85. The minimum absolute atomic E-state index is 0.267. The van der Waals surface area contributed by atoms with E-state index in [-0.39, 0.29) is 5.75 Å². The van der Waals surface area contributed by atoms with E-state index < -0.39 is 11.4 Å². The van der Waals surface area contributed by atoms with Crippen LogP contribution < -0.4 is 4.18 Å². The summed E-state index contributed by atoms with van der Waals surface area (Å²) in [5, 5.41) is 10.0. The summed E-state index contributed by atoms with van der Waals surface area (Å²) in [6.45, 7) is 0. The molecule has 0 heterocycles. The van der Waals surface area contributed by atoms with E-state index in [1.807, 2.05) is 0 Å². The molecule has 2 aromatic rings. The van der Waals surface area contributed by atoms with E-state index in [9.17, 15) is 4.21 Å². The van der Waals surface area contributed by atoms with Gasteiger partial charge in [-0.05, 0) is 12.1 Å². The SMILES string of the molecule is N#[N+]c1ccc(OS(=O)O)c2ccccc12. The van der Waals surface area contributed by atoms with E-state index >= 15 is 0 Å². The first-order valence-electron chi connectivity index (χ1n) is 4.38. The minimum atomic E-state index is -2.37. The van der Waals surface area contributed by atoms with E-state index in [2.05, 4.69) is 4.98 Å². The summed E-state index contributed by atoms with van der Waals surface area (Å²) in [4.78, 5) is 3.13. The molecule has 0 aliphatic heterocycles. The van der Waals surface area contributed by atoms with Crippen LogP contribution in [0.4, 0.5) is 5.69 Å². The van der Waals surface area contributed by atoms with Gasteiger partial charge in [-0.25, -0.2) is 0 Å². The third kappa shape index (κ3) is 1.86. The van der Waals surface area contributed by atoms with Gasteiger partial charge in [0.1, 0.15) is 0 Å². The molecule has 0 bridgehead atoms. The monoisotopic (exact) mass is 235 g/mol. The van der Waals surface area contributed by atoms with Gasteiger partial charge < -0.3 is 4.18 Å². The predicted octanol–water partition coefficient (Wildman–Crippen LogP) is 2.84. The van der Waals surface area contributed by atoms with Crippen molar-refractivity contribution in [1.29, 1.82) is 5.39 Å². The quantitative estimate of drug-likeness (QED) is 0.641. The maximum Gasteiger partial charge on any atom is 0.393 e. The average Bonchev–Trinajstić information content (AvgIpc) is 2.29. The molecular weight excluding hydrogens is 228 g/mol. The number of hydrogen-bond acceptors (Lipinski definition) is 3. The topological polar surface area (TPSA) is 74.7 Å². The maximum absolute atomic E-state index is 10.6. The zero-order valence-electron chi connectivity index (χ0n) is 8.03. The summed E-state index contributed by atoms with van der Waals surface area (Å²) in [5.41, 5.74) is 0.381. The molecule has 0 radical (unpaired) electrons. The van der Waals surface area contributed by atoms with Crippen LogP contribution in [-0.4, -0.2) is 8.76 Å². The van der Waals surface area contributed by atoms with Crippen LogP contribution >= 0.6 is 0 Å². The Kier molecular flexibility index (Phi) is 2.81. The molecule has 0 spiro atoms. The summed E-state index contributed by atoms with van der Waals surface area (Å²) in [7, 11) is 0. The smallest absolute Gasteiger partial charge is 0.379 e. The largest absolute Gasteiger partial charge is 0.393 e. The number of diazo groups is 1. The molecule has 5 nitrogen and oxygen atoms in total. The van der Waals surface area contributed by atoms with E-state index in [4.69, 9.17) is 14.1 Å². The molecule has 1 unspecified atom stereocenters. The Hall–Kier alpha value is -1.97. The van der Waals surface area contributed by atoms with E-state index in [1.165, 1.54) is 12.1 Å². The molecule has 2 aromatic carbocycles. The van der Waals surface area contributed by atoms with E-state index in [0.29, 0.717) is 16.5 Å². The summed E-state index contributed by atoms with van der Waals surface area (Å²) >= 11 is -2.37. The fourth-order valence-corrected chi connectivity index (χ4v) is 1.79. The zero-order chi connectivity index (χ0) is 11.5. The van der Waals surface area contributed by atoms with Gasteiger partial charge in [-0.2, -0.15) is 4.21 Å². The van der Waals surface area contributed by atoms with E-state index in [0.717, 1.165) is 0 Å². The molecule has 0 aromatic heterocycles. The first-order valence-corrected chi connectivity index (χ1v) is 5.41. The van der Waals surface area contributed by atoms with Crippen molar-refractivity contribution in [1.82, 2.24) is 0 Å². The Labute approximate surface area is 93.8 Å². The van der Waals surface area contributed by atoms with Crippen molar-refractivity contribution >= 4 is 27.8 Å². The van der Waals surface area contributed by atoms with Crippen LogP contribution in [-0.2, 0) is 11.4 Å². The van der Waals surface area contributed by atoms with Crippen LogP contribution in [0.25, 0.3) is 15.7 Å². The normalized spacial score (nSPS) is 12.0. The van der Waals surface area contributed by atoms with E-state index in [1.54, 1.807) is 24.3 Å². The standard InChI is InChI=1S/C10H6N2O3S/c11-12-9-5-6-10(15-16(13)14)8-4-2-1-3-7(8)9/h1-6H/p+1. The minimum Gasteiger partial charge on any atom is -0.379 e. The van der Waals surface area contributed by atoms with Gasteiger partial charge in [0.2, 0.25) is 5.39 Å². The number of benzene rings is 2. The molecule has 0 saturated heterocycles. The van der Waals surface area contributed by atoms with Gasteiger partial charge in [-0.1, -0.05) is 18.2 Å². The number of nitrogens with zero attached hydrogens (tertiary/aromatic N) is 2. The summed E-state index contributed by atoms with van der Waals surface area (Å²) in [6, 6.07) is 9.97. The van der Waals surface area contributed by atoms with Gasteiger partial charge in [-0.3, -0.25) is 4.55 Å². The molecule has 16 heavy (non-hydrogen) atoms. The Bertz CT molecular complexity index is 607. The Balaban J connectivity index is 2.70. The first kappa shape index (κ1) is 10.5. The third-order valence-electron chi connectivity index (χ3n) is 2.13. The molecule has 6 heteroatoms. The molecule has 1 N–H and O–H groups in total. The summed E-state index contributed by atoms with van der Waals surface area (Å²) in [5.74, 6) is 0.267. The molecule has 0 saturated carbocycles. The summed E-state index contributed by atoms with van der Waals surface area (Å²) < 4.78 is 24.0. The number of hydrogen-bond donors (Lipinski definition) is 1. The van der Waals surface area contributed by atoms with Crippen molar-refractivity contribution in [2.24, 2.45) is 0 Å². The van der Waals surface area contributed by atoms with Gasteiger partial charge in [0.05, 0.1) is 5.39 Å². The first-order chi connectivity index (χ1) is 7.72. The molecule has 0 amide bonds.